The Morgan fingerprint density at radius 3 is 2.56 bits per heavy atom. The third kappa shape index (κ3) is 4.62. The molecule has 1 atom stereocenters. The summed E-state index contributed by atoms with van der Waals surface area (Å²) in [6.45, 7) is 5.45. The summed E-state index contributed by atoms with van der Waals surface area (Å²) in [5.74, 6) is -1.59. The summed E-state index contributed by atoms with van der Waals surface area (Å²) in [7, 11) is 1.60. The molecule has 0 aromatic heterocycles. The lowest BCUT2D eigenvalue weighted by molar-refractivity contribution is -0.141. The van der Waals surface area contributed by atoms with Crippen molar-refractivity contribution in [2.45, 2.75) is 45.4 Å². The highest BCUT2D eigenvalue weighted by Gasteiger charge is 2.40. The number of likely N-dealkylation sites (N-methyl/N-ethyl adjacent to an activating group) is 1. The maximum Gasteiger partial charge on any atom is 0.415 e. The number of aliphatic carboxylic acids is 1. The quantitative estimate of drug-likeness (QED) is 0.687. The molecule has 0 fully saturated rings. The third-order valence-corrected chi connectivity index (χ3v) is 4.31. The Morgan fingerprint density at radius 2 is 2.00 bits per heavy atom. The molecular formula is C17H21IN2O5. The third-order valence-electron chi connectivity index (χ3n) is 3.64. The van der Waals surface area contributed by atoms with E-state index >= 15 is 0 Å². The topological polar surface area (TPSA) is 87.2 Å². The van der Waals surface area contributed by atoms with Crippen molar-refractivity contribution in [2.75, 3.05) is 11.9 Å². The molecule has 0 spiro atoms. The van der Waals surface area contributed by atoms with E-state index in [2.05, 4.69) is 22.6 Å². The normalized spacial score (nSPS) is 17.8. The molecule has 0 saturated carbocycles. The van der Waals surface area contributed by atoms with Gasteiger partial charge in [0.05, 0.1) is 12.1 Å². The Kier molecular flexibility index (Phi) is 5.60. The molecule has 1 aromatic carbocycles. The van der Waals surface area contributed by atoms with Gasteiger partial charge in [0.1, 0.15) is 11.6 Å². The fourth-order valence-electron chi connectivity index (χ4n) is 2.66. The number of hydrogen-bond donors (Lipinski definition) is 1. The standard InChI is InChI=1S/C17H21IN2O5/c1-17(2,3)25-16(24)20-12-6-5-11(18)7-10(12)9-19(4)15(23)13(20)8-14(21)22/h5-7,13H,8-9H2,1-4H3,(H,21,22). The highest BCUT2D eigenvalue weighted by atomic mass is 127. The van der Waals surface area contributed by atoms with Crippen molar-refractivity contribution < 1.29 is 24.2 Å². The molecule has 1 aliphatic rings. The van der Waals surface area contributed by atoms with E-state index < -0.39 is 36.0 Å². The SMILES string of the molecule is CN1Cc2cc(I)ccc2N(C(=O)OC(C)(C)C)C(CC(=O)O)C1=O. The average Bonchev–Trinajstić information content (AvgIpc) is 2.54. The van der Waals surface area contributed by atoms with Gasteiger partial charge in [-0.3, -0.25) is 14.5 Å². The Morgan fingerprint density at radius 1 is 1.36 bits per heavy atom. The molecule has 0 bridgehead atoms. The van der Waals surface area contributed by atoms with Crippen LogP contribution in [0, 0.1) is 3.57 Å². The van der Waals surface area contributed by atoms with Crippen LogP contribution in [-0.2, 0) is 20.9 Å². The summed E-state index contributed by atoms with van der Waals surface area (Å²) in [4.78, 5) is 39.4. The summed E-state index contributed by atoms with van der Waals surface area (Å²) >= 11 is 2.15. The predicted octanol–water partition coefficient (Wildman–Crippen LogP) is 2.85. The average molecular weight is 460 g/mol. The van der Waals surface area contributed by atoms with E-state index in [0.717, 1.165) is 9.13 Å². The van der Waals surface area contributed by atoms with Crippen molar-refractivity contribution >= 4 is 46.2 Å². The van der Waals surface area contributed by atoms with Gasteiger partial charge in [0.25, 0.3) is 0 Å². The molecule has 1 aromatic rings. The number of benzene rings is 1. The van der Waals surface area contributed by atoms with Crippen molar-refractivity contribution in [3.05, 3.63) is 27.3 Å². The highest BCUT2D eigenvalue weighted by molar-refractivity contribution is 14.1. The Bertz CT molecular complexity index is 713. The number of fused-ring (bicyclic) bond motifs is 1. The second kappa shape index (κ2) is 7.19. The van der Waals surface area contributed by atoms with Crippen molar-refractivity contribution in [1.82, 2.24) is 4.90 Å². The van der Waals surface area contributed by atoms with E-state index in [0.29, 0.717) is 12.2 Å². The summed E-state index contributed by atoms with van der Waals surface area (Å²) < 4.78 is 6.39. The van der Waals surface area contributed by atoms with E-state index in [1.807, 2.05) is 12.1 Å². The smallest absolute Gasteiger partial charge is 0.415 e. The fourth-order valence-corrected chi connectivity index (χ4v) is 3.22. The van der Waals surface area contributed by atoms with Crippen LogP contribution in [0.3, 0.4) is 0 Å². The van der Waals surface area contributed by atoms with Crippen molar-refractivity contribution in [2.24, 2.45) is 0 Å². The van der Waals surface area contributed by atoms with Gasteiger partial charge in [-0.25, -0.2) is 4.79 Å². The van der Waals surface area contributed by atoms with Crippen LogP contribution in [0.15, 0.2) is 18.2 Å². The summed E-state index contributed by atoms with van der Waals surface area (Å²) in [6.07, 6.45) is -1.22. The van der Waals surface area contributed by atoms with E-state index in [1.165, 1.54) is 9.80 Å². The van der Waals surface area contributed by atoms with E-state index in [4.69, 9.17) is 4.74 Å². The minimum atomic E-state index is -1.16. The summed E-state index contributed by atoms with van der Waals surface area (Å²) in [5.41, 5.74) is 0.496. The molecule has 25 heavy (non-hydrogen) atoms. The molecule has 1 aliphatic heterocycles. The summed E-state index contributed by atoms with van der Waals surface area (Å²) in [5, 5.41) is 9.24. The van der Waals surface area contributed by atoms with E-state index in [9.17, 15) is 19.5 Å². The number of carbonyl (C=O) groups is 3. The molecule has 2 rings (SSSR count). The number of carboxylic acid groups (broad SMARTS) is 1. The molecule has 7 nitrogen and oxygen atoms in total. The Labute approximate surface area is 160 Å². The van der Waals surface area contributed by atoms with Gasteiger partial charge in [-0.2, -0.15) is 0 Å². The van der Waals surface area contributed by atoms with Gasteiger partial charge in [-0.1, -0.05) is 0 Å². The molecule has 0 aliphatic carbocycles. The molecule has 0 saturated heterocycles. The van der Waals surface area contributed by atoms with Gasteiger partial charge in [-0.15, -0.1) is 0 Å². The van der Waals surface area contributed by atoms with Crippen molar-refractivity contribution in [3.63, 3.8) is 0 Å². The number of ether oxygens (including phenoxy) is 1. The molecule has 136 valence electrons. The Balaban J connectivity index is 2.58. The molecule has 1 unspecified atom stereocenters. The van der Waals surface area contributed by atoms with Crippen LogP contribution >= 0.6 is 22.6 Å². The van der Waals surface area contributed by atoms with E-state index in [1.54, 1.807) is 33.9 Å². The maximum atomic E-state index is 12.8. The summed E-state index contributed by atoms with van der Waals surface area (Å²) in [6, 6.07) is 4.26. The van der Waals surface area contributed by atoms with Crippen LogP contribution in [0.5, 0.6) is 0 Å². The van der Waals surface area contributed by atoms with Crippen LogP contribution < -0.4 is 4.90 Å². The monoisotopic (exact) mass is 460 g/mol. The minimum Gasteiger partial charge on any atom is -0.481 e. The number of carboxylic acids is 1. The first-order valence-corrected chi connectivity index (χ1v) is 8.85. The first-order valence-electron chi connectivity index (χ1n) is 7.77. The van der Waals surface area contributed by atoms with Crippen LogP contribution in [0.25, 0.3) is 0 Å². The second-order valence-electron chi connectivity index (χ2n) is 6.93. The number of hydrogen-bond acceptors (Lipinski definition) is 4. The van der Waals surface area contributed by atoms with Gasteiger partial charge in [-0.05, 0) is 67.1 Å². The van der Waals surface area contributed by atoms with Gasteiger partial charge in [0.15, 0.2) is 0 Å². The first kappa shape index (κ1) is 19.5. The first-order chi connectivity index (χ1) is 11.5. The number of rotatable bonds is 2. The van der Waals surface area contributed by atoms with Crippen molar-refractivity contribution in [3.8, 4) is 0 Å². The van der Waals surface area contributed by atoms with Crippen LogP contribution in [0.4, 0.5) is 10.5 Å². The molecule has 1 heterocycles. The number of anilines is 1. The van der Waals surface area contributed by atoms with Crippen LogP contribution in [0.2, 0.25) is 0 Å². The van der Waals surface area contributed by atoms with Gasteiger partial charge in [0, 0.05) is 17.2 Å². The lowest BCUT2D eigenvalue weighted by Gasteiger charge is -2.32. The molecule has 0 radical (unpaired) electrons. The largest absolute Gasteiger partial charge is 0.481 e. The van der Waals surface area contributed by atoms with E-state index in [-0.39, 0.29) is 0 Å². The Hall–Kier alpha value is -1.84. The van der Waals surface area contributed by atoms with Gasteiger partial charge in [0.2, 0.25) is 5.91 Å². The lowest BCUT2D eigenvalue weighted by Crippen LogP contribution is -2.50. The lowest BCUT2D eigenvalue weighted by atomic mass is 10.1. The molecular weight excluding hydrogens is 439 g/mol. The van der Waals surface area contributed by atoms with Gasteiger partial charge >= 0.3 is 12.1 Å². The number of halogens is 1. The molecule has 1 N–H and O–H groups in total. The van der Waals surface area contributed by atoms with Crippen LogP contribution in [-0.4, -0.2) is 46.7 Å². The molecule has 2 amide bonds. The highest BCUT2D eigenvalue weighted by Crippen LogP contribution is 2.32. The number of nitrogens with zero attached hydrogens (tertiary/aromatic N) is 2. The van der Waals surface area contributed by atoms with Crippen LogP contribution in [0.1, 0.15) is 32.8 Å². The zero-order valence-corrected chi connectivity index (χ0v) is 16.7. The minimum absolute atomic E-state index is 0.292. The fraction of sp³-hybridized carbons (Fsp3) is 0.471. The number of amides is 2. The maximum absolute atomic E-state index is 12.8. The van der Waals surface area contributed by atoms with Gasteiger partial charge < -0.3 is 14.7 Å². The second-order valence-corrected chi connectivity index (χ2v) is 8.18. The zero-order valence-electron chi connectivity index (χ0n) is 14.6. The number of carbonyl (C=O) groups excluding carboxylic acids is 2. The van der Waals surface area contributed by atoms with Crippen molar-refractivity contribution in [1.29, 1.82) is 0 Å². The molecule has 8 heteroatoms. The zero-order chi connectivity index (χ0) is 18.9. The predicted molar refractivity (Wildman–Crippen MR) is 100 cm³/mol.